The van der Waals surface area contributed by atoms with Crippen LogP contribution in [-0.4, -0.2) is 20.4 Å². The summed E-state index contributed by atoms with van der Waals surface area (Å²) in [6.07, 6.45) is 9.50. The van der Waals surface area contributed by atoms with Crippen molar-refractivity contribution in [1.82, 2.24) is 0 Å². The van der Waals surface area contributed by atoms with Gasteiger partial charge in [0.25, 0.3) is 0 Å². The van der Waals surface area contributed by atoms with E-state index in [-0.39, 0.29) is 5.41 Å². The first-order valence-electron chi connectivity index (χ1n) is 6.61. The number of aryl methyl sites for hydroxylation is 1. The highest BCUT2D eigenvalue weighted by atomic mass is 16.5. The number of anilines is 1. The Bertz CT molecular complexity index is 494. The summed E-state index contributed by atoms with van der Waals surface area (Å²) >= 11 is 0. The summed E-state index contributed by atoms with van der Waals surface area (Å²) in [7, 11) is 1.68. The summed E-state index contributed by atoms with van der Waals surface area (Å²) < 4.78 is 5.12. The molecule has 0 fully saturated rings. The molecule has 1 aromatic rings. The second-order valence-corrected chi connectivity index (χ2v) is 4.96. The average Bonchev–Trinajstić information content (AvgIpc) is 2.46. The molecule has 102 valence electrons. The third-order valence-electron chi connectivity index (χ3n) is 3.69. The van der Waals surface area contributed by atoms with Gasteiger partial charge in [-0.2, -0.15) is 0 Å². The van der Waals surface area contributed by atoms with Gasteiger partial charge in [0, 0.05) is 24.8 Å². The number of allylic oxidation sites excluding steroid dienone is 3. The lowest BCUT2D eigenvalue weighted by Crippen LogP contribution is -2.35. The molecule has 0 bridgehead atoms. The minimum atomic E-state index is -0.115. The molecule has 0 spiro atoms. The number of ether oxygens (including phenoxy) is 1. The summed E-state index contributed by atoms with van der Waals surface area (Å²) in [5.74, 6) is 0. The van der Waals surface area contributed by atoms with E-state index >= 15 is 0 Å². The van der Waals surface area contributed by atoms with Gasteiger partial charge in [-0.15, -0.1) is 0 Å². The Kier molecular flexibility index (Phi) is 4.40. The first-order chi connectivity index (χ1) is 9.23. The molecule has 0 radical (unpaired) electrons. The molecular weight excluding hydrogens is 236 g/mol. The molecule has 1 unspecified atom stereocenters. The highest BCUT2D eigenvalue weighted by molar-refractivity contribution is 5.60. The van der Waals surface area contributed by atoms with Crippen LogP contribution in [0.4, 0.5) is 5.69 Å². The lowest BCUT2D eigenvalue weighted by Gasteiger charge is -2.34. The van der Waals surface area contributed by atoms with Gasteiger partial charge in [0.05, 0.1) is 0 Å². The zero-order chi connectivity index (χ0) is 13.7. The lowest BCUT2D eigenvalue weighted by molar-refractivity contribution is 0.221. The predicted octanol–water partition coefficient (Wildman–Crippen LogP) is 2.72. The molecule has 0 amide bonds. The van der Waals surface area contributed by atoms with Crippen LogP contribution in [-0.2, 0) is 10.2 Å². The van der Waals surface area contributed by atoms with E-state index in [1.54, 1.807) is 7.11 Å². The smallest absolute Gasteiger partial charge is 0.116 e. The topological polar surface area (TPSA) is 47.3 Å². The van der Waals surface area contributed by atoms with E-state index in [0.29, 0.717) is 13.3 Å². The van der Waals surface area contributed by atoms with Crippen LogP contribution in [0, 0.1) is 6.92 Å². The number of nitrogens with two attached hydrogens (primary N) is 1. The fraction of sp³-hybridized carbons (Fsp3) is 0.375. The van der Waals surface area contributed by atoms with Crippen molar-refractivity contribution in [1.29, 1.82) is 0 Å². The van der Waals surface area contributed by atoms with Crippen LogP contribution >= 0.6 is 0 Å². The molecule has 3 nitrogen and oxygen atoms in total. The molecule has 1 aromatic carbocycles. The molecule has 1 atom stereocenters. The number of methoxy groups -OCH3 is 1. The number of hydrogen-bond donors (Lipinski definition) is 2. The van der Waals surface area contributed by atoms with Crippen molar-refractivity contribution in [2.45, 2.75) is 18.8 Å². The Balaban J connectivity index is 2.46. The largest absolute Gasteiger partial charge is 0.365 e. The van der Waals surface area contributed by atoms with Gasteiger partial charge in [-0.3, -0.25) is 0 Å². The average molecular weight is 258 g/mol. The van der Waals surface area contributed by atoms with Crippen LogP contribution in [0.25, 0.3) is 0 Å². The number of benzene rings is 1. The van der Waals surface area contributed by atoms with Crippen LogP contribution in [0.3, 0.4) is 0 Å². The maximum atomic E-state index is 6.09. The summed E-state index contributed by atoms with van der Waals surface area (Å²) in [6, 6.07) is 6.28. The maximum Gasteiger partial charge on any atom is 0.116 e. The zero-order valence-electron chi connectivity index (χ0n) is 11.6. The molecule has 0 heterocycles. The molecule has 2 rings (SSSR count). The standard InChI is InChI=1S/C16H22N2O/c1-13-7-6-8-14(18-12-19-2)15(13)16(11-17)9-4-3-5-10-16/h3-9,18H,10-12,17H2,1-2H3. The fourth-order valence-corrected chi connectivity index (χ4v) is 2.73. The number of nitrogens with one attached hydrogen (secondary N) is 1. The quantitative estimate of drug-likeness (QED) is 0.798. The molecule has 1 aliphatic carbocycles. The van der Waals surface area contributed by atoms with Crippen LogP contribution in [0.15, 0.2) is 42.5 Å². The fourth-order valence-electron chi connectivity index (χ4n) is 2.73. The zero-order valence-corrected chi connectivity index (χ0v) is 11.6. The Hall–Kier alpha value is -1.58. The molecule has 3 N–H and O–H groups in total. The second kappa shape index (κ2) is 6.04. The summed E-state index contributed by atoms with van der Waals surface area (Å²) in [5.41, 5.74) is 9.61. The van der Waals surface area contributed by atoms with Crippen molar-refractivity contribution in [3.63, 3.8) is 0 Å². The minimum absolute atomic E-state index is 0.115. The Morgan fingerprint density at radius 1 is 1.37 bits per heavy atom. The number of hydrogen-bond acceptors (Lipinski definition) is 3. The normalized spacial score (nSPS) is 21.6. The monoisotopic (exact) mass is 258 g/mol. The SMILES string of the molecule is COCNc1cccc(C)c1C1(CN)C=CC=CC1. The van der Waals surface area contributed by atoms with Crippen molar-refractivity contribution >= 4 is 5.69 Å². The van der Waals surface area contributed by atoms with Gasteiger partial charge in [-0.05, 0) is 30.5 Å². The van der Waals surface area contributed by atoms with Gasteiger partial charge >= 0.3 is 0 Å². The van der Waals surface area contributed by atoms with Crippen LogP contribution < -0.4 is 11.1 Å². The van der Waals surface area contributed by atoms with E-state index in [1.165, 1.54) is 11.1 Å². The van der Waals surface area contributed by atoms with Crippen molar-refractivity contribution < 1.29 is 4.74 Å². The first-order valence-corrected chi connectivity index (χ1v) is 6.61. The van der Waals surface area contributed by atoms with Gasteiger partial charge in [-0.25, -0.2) is 0 Å². The molecular formula is C16H22N2O. The molecule has 3 heteroatoms. The summed E-state index contributed by atoms with van der Waals surface area (Å²) in [5, 5.41) is 3.32. The van der Waals surface area contributed by atoms with Crippen molar-refractivity contribution in [2.24, 2.45) is 5.73 Å². The third kappa shape index (κ3) is 2.72. The summed E-state index contributed by atoms with van der Waals surface area (Å²) in [6.45, 7) is 3.23. The van der Waals surface area contributed by atoms with E-state index in [1.807, 2.05) is 0 Å². The van der Waals surface area contributed by atoms with Gasteiger partial charge in [-0.1, -0.05) is 36.4 Å². The van der Waals surface area contributed by atoms with Crippen LogP contribution in [0.1, 0.15) is 17.5 Å². The highest BCUT2D eigenvalue weighted by Crippen LogP contribution is 2.38. The maximum absolute atomic E-state index is 6.09. The highest BCUT2D eigenvalue weighted by Gasteiger charge is 2.31. The van der Waals surface area contributed by atoms with Crippen molar-refractivity contribution in [3.05, 3.63) is 53.6 Å². The Labute approximate surface area is 115 Å². The van der Waals surface area contributed by atoms with E-state index in [0.717, 1.165) is 12.1 Å². The summed E-state index contributed by atoms with van der Waals surface area (Å²) in [4.78, 5) is 0. The second-order valence-electron chi connectivity index (χ2n) is 4.96. The van der Waals surface area contributed by atoms with Crippen LogP contribution in [0.5, 0.6) is 0 Å². The van der Waals surface area contributed by atoms with Gasteiger partial charge in [0.2, 0.25) is 0 Å². The Morgan fingerprint density at radius 3 is 2.84 bits per heavy atom. The van der Waals surface area contributed by atoms with E-state index in [2.05, 4.69) is 54.7 Å². The van der Waals surface area contributed by atoms with Crippen molar-refractivity contribution in [2.75, 3.05) is 25.7 Å². The van der Waals surface area contributed by atoms with E-state index in [4.69, 9.17) is 10.5 Å². The Morgan fingerprint density at radius 2 is 2.21 bits per heavy atom. The van der Waals surface area contributed by atoms with Gasteiger partial charge in [0.1, 0.15) is 6.73 Å². The van der Waals surface area contributed by atoms with Gasteiger partial charge in [0.15, 0.2) is 0 Å². The minimum Gasteiger partial charge on any atom is -0.365 e. The molecule has 1 aliphatic rings. The molecule has 0 aromatic heterocycles. The van der Waals surface area contributed by atoms with Gasteiger partial charge < -0.3 is 15.8 Å². The van der Waals surface area contributed by atoms with Crippen molar-refractivity contribution in [3.8, 4) is 0 Å². The number of rotatable bonds is 5. The molecule has 0 saturated heterocycles. The predicted molar refractivity (Wildman–Crippen MR) is 80.3 cm³/mol. The van der Waals surface area contributed by atoms with Crippen LogP contribution in [0.2, 0.25) is 0 Å². The molecule has 19 heavy (non-hydrogen) atoms. The third-order valence-corrected chi connectivity index (χ3v) is 3.69. The van der Waals surface area contributed by atoms with E-state index in [9.17, 15) is 0 Å². The van der Waals surface area contributed by atoms with E-state index < -0.39 is 0 Å². The lowest BCUT2D eigenvalue weighted by atomic mass is 9.73. The molecule has 0 saturated carbocycles. The first kappa shape index (κ1) is 13.8. The molecule has 0 aliphatic heterocycles.